The molecule has 2 aliphatic heterocycles. The van der Waals surface area contributed by atoms with Gasteiger partial charge in [0.15, 0.2) is 0 Å². The molecule has 2 rings (SSSR count). The van der Waals surface area contributed by atoms with E-state index in [0.29, 0.717) is 39.0 Å². The number of methoxy groups -OCH3 is 1. The second-order valence-corrected chi connectivity index (χ2v) is 5.74. The Morgan fingerprint density at radius 1 is 1.42 bits per heavy atom. The van der Waals surface area contributed by atoms with Gasteiger partial charge in [-0.05, 0) is 19.8 Å². The molecule has 0 unspecified atom stereocenters. The molecular weight excluding hydrogens is 250 g/mol. The van der Waals surface area contributed by atoms with Crippen molar-refractivity contribution in [3.05, 3.63) is 0 Å². The molecule has 2 aliphatic rings. The SMILES string of the molecule is COCC(=O)N1CCC2(CC1)OCC[C@@](C)(O)[C@@H]2O. The smallest absolute Gasteiger partial charge is 0.248 e. The zero-order valence-electron chi connectivity index (χ0n) is 11.6. The van der Waals surface area contributed by atoms with E-state index in [0.717, 1.165) is 0 Å². The van der Waals surface area contributed by atoms with Gasteiger partial charge < -0.3 is 24.6 Å². The quantitative estimate of drug-likeness (QED) is 0.711. The van der Waals surface area contributed by atoms with Gasteiger partial charge in [0.05, 0.1) is 12.2 Å². The molecule has 2 heterocycles. The van der Waals surface area contributed by atoms with Crippen molar-refractivity contribution in [1.82, 2.24) is 4.90 Å². The first kappa shape index (κ1) is 14.7. The first-order valence-corrected chi connectivity index (χ1v) is 6.72. The molecule has 0 saturated carbocycles. The van der Waals surface area contributed by atoms with Crippen LogP contribution in [0.1, 0.15) is 26.2 Å². The van der Waals surface area contributed by atoms with Crippen molar-refractivity contribution >= 4 is 5.91 Å². The van der Waals surface area contributed by atoms with Crippen molar-refractivity contribution in [3.63, 3.8) is 0 Å². The summed E-state index contributed by atoms with van der Waals surface area (Å²) in [5.41, 5.74) is -1.83. The third-order valence-corrected chi connectivity index (χ3v) is 4.32. The number of carbonyl (C=O) groups is 1. The largest absolute Gasteiger partial charge is 0.387 e. The lowest BCUT2D eigenvalue weighted by Crippen LogP contribution is -2.64. The van der Waals surface area contributed by atoms with E-state index >= 15 is 0 Å². The van der Waals surface area contributed by atoms with Crippen LogP contribution in [-0.4, -0.2) is 71.7 Å². The van der Waals surface area contributed by atoms with Gasteiger partial charge in [-0.3, -0.25) is 4.79 Å². The highest BCUT2D eigenvalue weighted by atomic mass is 16.5. The Bertz CT molecular complexity index is 336. The fourth-order valence-corrected chi connectivity index (χ4v) is 3.01. The maximum Gasteiger partial charge on any atom is 0.248 e. The zero-order chi connectivity index (χ0) is 14.1. The summed E-state index contributed by atoms with van der Waals surface area (Å²) in [5.74, 6) is -0.0468. The zero-order valence-corrected chi connectivity index (χ0v) is 11.6. The minimum atomic E-state index is -1.11. The molecule has 0 aliphatic carbocycles. The van der Waals surface area contributed by atoms with E-state index in [2.05, 4.69) is 0 Å². The van der Waals surface area contributed by atoms with Gasteiger partial charge in [0.1, 0.15) is 18.3 Å². The molecule has 19 heavy (non-hydrogen) atoms. The average Bonchev–Trinajstić information content (AvgIpc) is 2.37. The first-order valence-electron chi connectivity index (χ1n) is 6.72. The molecule has 6 nitrogen and oxygen atoms in total. The molecule has 2 saturated heterocycles. The number of likely N-dealkylation sites (tertiary alicyclic amines) is 1. The van der Waals surface area contributed by atoms with Crippen molar-refractivity contribution < 1.29 is 24.5 Å². The summed E-state index contributed by atoms with van der Waals surface area (Å²) in [5, 5.41) is 20.5. The Balaban J connectivity index is 2.00. The second kappa shape index (κ2) is 5.36. The predicted molar refractivity (Wildman–Crippen MR) is 67.6 cm³/mol. The molecule has 2 N–H and O–H groups in total. The lowest BCUT2D eigenvalue weighted by Gasteiger charge is -2.51. The summed E-state index contributed by atoms with van der Waals surface area (Å²) in [6.45, 7) is 3.21. The lowest BCUT2D eigenvalue weighted by molar-refractivity contribution is -0.245. The van der Waals surface area contributed by atoms with Crippen LogP contribution in [0.4, 0.5) is 0 Å². The van der Waals surface area contributed by atoms with Gasteiger partial charge in [-0.1, -0.05) is 0 Å². The minimum absolute atomic E-state index is 0.0468. The standard InChI is InChI=1S/C13H23NO5/c1-12(17)5-8-19-13(11(12)16)3-6-14(7-4-13)10(15)9-18-2/h11,16-17H,3-9H2,1-2H3/t11-,12+/m0/s1. The maximum atomic E-state index is 11.7. The third-order valence-electron chi connectivity index (χ3n) is 4.32. The van der Waals surface area contributed by atoms with Crippen LogP contribution in [0.5, 0.6) is 0 Å². The molecule has 2 fully saturated rings. The third kappa shape index (κ3) is 2.76. The van der Waals surface area contributed by atoms with E-state index in [1.165, 1.54) is 7.11 Å². The summed E-state index contributed by atoms with van der Waals surface area (Å²) >= 11 is 0. The van der Waals surface area contributed by atoms with Gasteiger partial charge in [-0.25, -0.2) is 0 Å². The van der Waals surface area contributed by atoms with Gasteiger partial charge in [-0.15, -0.1) is 0 Å². The van der Waals surface area contributed by atoms with Gasteiger partial charge in [-0.2, -0.15) is 0 Å². The number of carbonyl (C=O) groups excluding carboxylic acids is 1. The van der Waals surface area contributed by atoms with E-state index in [-0.39, 0.29) is 12.5 Å². The van der Waals surface area contributed by atoms with Crippen molar-refractivity contribution in [2.45, 2.75) is 43.5 Å². The number of amides is 1. The highest BCUT2D eigenvalue weighted by Crippen LogP contribution is 2.39. The predicted octanol–water partition coefficient (Wildman–Crippen LogP) is -0.474. The molecule has 6 heteroatoms. The summed E-state index contributed by atoms with van der Waals surface area (Å²) in [6, 6.07) is 0. The van der Waals surface area contributed by atoms with Gasteiger partial charge in [0.25, 0.3) is 0 Å². The van der Waals surface area contributed by atoms with Gasteiger partial charge >= 0.3 is 0 Å². The summed E-state index contributed by atoms with van der Waals surface area (Å²) < 4.78 is 10.6. The number of piperidine rings is 1. The highest BCUT2D eigenvalue weighted by molar-refractivity contribution is 5.77. The molecule has 0 bridgehead atoms. The molecule has 0 aromatic heterocycles. The highest BCUT2D eigenvalue weighted by Gasteiger charge is 2.52. The number of ether oxygens (including phenoxy) is 2. The van der Waals surface area contributed by atoms with Gasteiger partial charge in [0, 0.05) is 26.6 Å². The Hall–Kier alpha value is -0.690. The molecular formula is C13H23NO5. The molecule has 1 spiro atoms. The Morgan fingerprint density at radius 3 is 2.63 bits per heavy atom. The van der Waals surface area contributed by atoms with Gasteiger partial charge in [0.2, 0.25) is 5.91 Å². The Labute approximate surface area is 113 Å². The van der Waals surface area contributed by atoms with E-state index in [1.807, 2.05) is 0 Å². The molecule has 110 valence electrons. The van der Waals surface area contributed by atoms with Crippen LogP contribution in [0.2, 0.25) is 0 Å². The monoisotopic (exact) mass is 273 g/mol. The second-order valence-electron chi connectivity index (χ2n) is 5.74. The summed E-state index contributed by atoms with van der Waals surface area (Å²) in [4.78, 5) is 13.4. The summed E-state index contributed by atoms with van der Waals surface area (Å²) in [6.07, 6.45) is 0.607. The number of nitrogens with zero attached hydrogens (tertiary/aromatic N) is 1. The topological polar surface area (TPSA) is 79.2 Å². The van der Waals surface area contributed by atoms with Crippen LogP contribution in [0.3, 0.4) is 0 Å². The lowest BCUT2D eigenvalue weighted by atomic mass is 9.75. The van der Waals surface area contributed by atoms with Crippen LogP contribution in [0.15, 0.2) is 0 Å². The van der Waals surface area contributed by atoms with Crippen LogP contribution in [-0.2, 0) is 14.3 Å². The molecule has 0 radical (unpaired) electrons. The number of hydrogen-bond acceptors (Lipinski definition) is 5. The number of aliphatic hydroxyl groups is 2. The van der Waals surface area contributed by atoms with E-state index in [1.54, 1.807) is 11.8 Å². The molecule has 0 aromatic rings. The Morgan fingerprint density at radius 2 is 2.05 bits per heavy atom. The maximum absolute atomic E-state index is 11.7. The van der Waals surface area contributed by atoms with Crippen molar-refractivity contribution in [2.24, 2.45) is 0 Å². The number of aliphatic hydroxyl groups excluding tert-OH is 1. The Kier molecular flexibility index (Phi) is 4.15. The summed E-state index contributed by atoms with van der Waals surface area (Å²) in [7, 11) is 1.49. The van der Waals surface area contributed by atoms with Crippen LogP contribution in [0, 0.1) is 0 Å². The molecule has 1 amide bonds. The van der Waals surface area contributed by atoms with Crippen LogP contribution in [0.25, 0.3) is 0 Å². The molecule has 2 atom stereocenters. The fraction of sp³-hybridized carbons (Fsp3) is 0.923. The minimum Gasteiger partial charge on any atom is -0.387 e. The first-order chi connectivity index (χ1) is 8.91. The fourth-order valence-electron chi connectivity index (χ4n) is 3.01. The normalized spacial score (nSPS) is 34.5. The molecule has 0 aromatic carbocycles. The van der Waals surface area contributed by atoms with Crippen LogP contribution < -0.4 is 0 Å². The van der Waals surface area contributed by atoms with E-state index < -0.39 is 17.3 Å². The van der Waals surface area contributed by atoms with Crippen LogP contribution >= 0.6 is 0 Å². The average molecular weight is 273 g/mol. The van der Waals surface area contributed by atoms with E-state index in [9.17, 15) is 15.0 Å². The van der Waals surface area contributed by atoms with Crippen molar-refractivity contribution in [3.8, 4) is 0 Å². The van der Waals surface area contributed by atoms with E-state index in [4.69, 9.17) is 9.47 Å². The van der Waals surface area contributed by atoms with Crippen molar-refractivity contribution in [2.75, 3.05) is 33.4 Å². The number of hydrogen-bond donors (Lipinski definition) is 2. The van der Waals surface area contributed by atoms with Crippen molar-refractivity contribution in [1.29, 1.82) is 0 Å². The number of rotatable bonds is 2.